The average molecular weight is 149 g/mol. The van der Waals surface area contributed by atoms with Crippen molar-refractivity contribution in [1.29, 1.82) is 0 Å². The van der Waals surface area contributed by atoms with E-state index in [0.717, 1.165) is 12.1 Å². The van der Waals surface area contributed by atoms with Gasteiger partial charge in [0.15, 0.2) is 0 Å². The third-order valence-corrected chi connectivity index (χ3v) is 1.89. The van der Waals surface area contributed by atoms with Crippen LogP contribution in [0.1, 0.15) is 27.2 Å². The lowest BCUT2D eigenvalue weighted by Crippen LogP contribution is -1.90. The van der Waals surface area contributed by atoms with Gasteiger partial charge in [-0.1, -0.05) is 19.9 Å². The Morgan fingerprint density at radius 1 is 1.45 bits per heavy atom. The molecular weight excluding hydrogens is 134 g/mol. The fourth-order valence-electron chi connectivity index (χ4n) is 1.03. The van der Waals surface area contributed by atoms with Gasteiger partial charge in [0.2, 0.25) is 0 Å². The van der Waals surface area contributed by atoms with E-state index in [-0.39, 0.29) is 0 Å². The molecule has 1 nitrogen and oxygen atoms in total. The van der Waals surface area contributed by atoms with Crippen LogP contribution in [0.5, 0.6) is 0 Å². The molecule has 0 aromatic heterocycles. The van der Waals surface area contributed by atoms with E-state index in [1.807, 2.05) is 13.1 Å². The minimum Gasteiger partial charge on any atom is -0.262 e. The zero-order valence-corrected chi connectivity index (χ0v) is 7.46. The minimum atomic E-state index is 0.620. The third kappa shape index (κ3) is 2.34. The van der Waals surface area contributed by atoms with E-state index in [1.54, 1.807) is 0 Å². The monoisotopic (exact) mass is 149 g/mol. The first-order chi connectivity index (χ1) is 5.20. The van der Waals surface area contributed by atoms with Gasteiger partial charge >= 0.3 is 0 Å². The van der Waals surface area contributed by atoms with Crippen molar-refractivity contribution in [2.45, 2.75) is 27.2 Å². The maximum absolute atomic E-state index is 4.29. The Morgan fingerprint density at radius 2 is 2.18 bits per heavy atom. The lowest BCUT2D eigenvalue weighted by molar-refractivity contribution is 0.745. The van der Waals surface area contributed by atoms with Crippen molar-refractivity contribution >= 4 is 5.71 Å². The van der Waals surface area contributed by atoms with Crippen molar-refractivity contribution in [3.63, 3.8) is 0 Å². The van der Waals surface area contributed by atoms with Gasteiger partial charge in [0, 0.05) is 11.9 Å². The summed E-state index contributed by atoms with van der Waals surface area (Å²) in [5.74, 6) is 0.620. The van der Waals surface area contributed by atoms with Gasteiger partial charge < -0.3 is 0 Å². The highest BCUT2D eigenvalue weighted by Crippen LogP contribution is 2.16. The molecule has 1 rings (SSSR count). The molecule has 0 aliphatic carbocycles. The van der Waals surface area contributed by atoms with Crippen LogP contribution in [0.15, 0.2) is 28.9 Å². The van der Waals surface area contributed by atoms with Gasteiger partial charge in [-0.25, -0.2) is 0 Å². The largest absolute Gasteiger partial charge is 0.262 e. The highest BCUT2D eigenvalue weighted by molar-refractivity contribution is 5.93. The fourth-order valence-corrected chi connectivity index (χ4v) is 1.03. The molecule has 1 heteroatoms. The van der Waals surface area contributed by atoms with E-state index < -0.39 is 0 Å². The lowest BCUT2D eigenvalue weighted by atomic mass is 10.0. The van der Waals surface area contributed by atoms with Gasteiger partial charge in [-0.3, -0.25) is 4.99 Å². The molecule has 0 unspecified atom stereocenters. The van der Waals surface area contributed by atoms with Crippen molar-refractivity contribution in [3.05, 3.63) is 23.9 Å². The number of rotatable bonds is 1. The molecule has 0 N–H and O–H groups in total. The molecule has 1 aliphatic heterocycles. The molecule has 0 spiro atoms. The van der Waals surface area contributed by atoms with E-state index in [1.165, 1.54) is 5.57 Å². The zero-order chi connectivity index (χ0) is 8.27. The molecule has 11 heavy (non-hydrogen) atoms. The Bertz CT molecular complexity index is 219. The Balaban J connectivity index is 2.78. The van der Waals surface area contributed by atoms with Crippen LogP contribution in [-0.2, 0) is 0 Å². The van der Waals surface area contributed by atoms with Crippen LogP contribution >= 0.6 is 0 Å². The Kier molecular flexibility index (Phi) is 2.64. The molecule has 0 aromatic carbocycles. The van der Waals surface area contributed by atoms with Gasteiger partial charge in [0.25, 0.3) is 0 Å². The molecule has 0 saturated carbocycles. The normalized spacial score (nSPS) is 17.8. The fraction of sp³-hybridized carbons (Fsp3) is 0.500. The van der Waals surface area contributed by atoms with Gasteiger partial charge in [-0.15, -0.1) is 0 Å². The summed E-state index contributed by atoms with van der Waals surface area (Å²) < 4.78 is 0. The van der Waals surface area contributed by atoms with Gasteiger partial charge in [-0.05, 0) is 30.9 Å². The predicted molar refractivity (Wildman–Crippen MR) is 49.8 cm³/mol. The van der Waals surface area contributed by atoms with E-state index >= 15 is 0 Å². The molecule has 0 saturated heterocycles. The summed E-state index contributed by atoms with van der Waals surface area (Å²) >= 11 is 0. The number of nitrogens with zero attached hydrogens (tertiary/aromatic N) is 1. The molecule has 0 aromatic rings. The van der Waals surface area contributed by atoms with Crippen LogP contribution < -0.4 is 0 Å². The van der Waals surface area contributed by atoms with Crippen LogP contribution in [0.2, 0.25) is 0 Å². The second kappa shape index (κ2) is 3.51. The maximum atomic E-state index is 4.29. The minimum absolute atomic E-state index is 0.620. The lowest BCUT2D eigenvalue weighted by Gasteiger charge is -2.05. The number of hydrogen-bond donors (Lipinski definition) is 0. The number of allylic oxidation sites excluding steroid dienone is 3. The second-order valence-electron chi connectivity index (χ2n) is 3.24. The van der Waals surface area contributed by atoms with Crippen LogP contribution in [0, 0.1) is 5.92 Å². The van der Waals surface area contributed by atoms with E-state index in [2.05, 4.69) is 31.0 Å². The average Bonchev–Trinajstić information content (AvgIpc) is 2.13. The van der Waals surface area contributed by atoms with E-state index in [0.29, 0.717) is 5.92 Å². The summed E-state index contributed by atoms with van der Waals surface area (Å²) in [6.07, 6.45) is 7.31. The zero-order valence-electron chi connectivity index (χ0n) is 7.46. The Labute approximate surface area is 68.5 Å². The summed E-state index contributed by atoms with van der Waals surface area (Å²) in [4.78, 5) is 4.29. The van der Waals surface area contributed by atoms with Crippen molar-refractivity contribution < 1.29 is 0 Å². The predicted octanol–water partition coefficient (Wildman–Crippen LogP) is 2.95. The van der Waals surface area contributed by atoms with Crippen molar-refractivity contribution in [1.82, 2.24) is 0 Å². The summed E-state index contributed by atoms with van der Waals surface area (Å²) in [6, 6.07) is 0. The van der Waals surface area contributed by atoms with Crippen molar-refractivity contribution in [2.24, 2.45) is 10.9 Å². The number of hydrogen-bond acceptors (Lipinski definition) is 1. The third-order valence-electron chi connectivity index (χ3n) is 1.89. The van der Waals surface area contributed by atoms with Crippen LogP contribution in [0.3, 0.4) is 0 Å². The van der Waals surface area contributed by atoms with Crippen LogP contribution in [-0.4, -0.2) is 5.71 Å². The molecule has 60 valence electrons. The topological polar surface area (TPSA) is 12.4 Å². The highest BCUT2D eigenvalue weighted by Gasteiger charge is 2.02. The highest BCUT2D eigenvalue weighted by atomic mass is 14.7. The van der Waals surface area contributed by atoms with Gasteiger partial charge in [0.1, 0.15) is 0 Å². The molecule has 0 amide bonds. The van der Waals surface area contributed by atoms with Gasteiger partial charge in [0.05, 0.1) is 0 Å². The SMILES string of the molecule is CC1=NC=C(C(C)C)CC=C1. The molecule has 1 aliphatic rings. The van der Waals surface area contributed by atoms with Gasteiger partial charge in [-0.2, -0.15) is 0 Å². The van der Waals surface area contributed by atoms with E-state index in [9.17, 15) is 0 Å². The standard InChI is InChI=1S/C10H15N/c1-8(2)10-6-4-5-9(3)11-7-10/h4-5,7-8H,6H2,1-3H3. The summed E-state index contributed by atoms with van der Waals surface area (Å²) in [5, 5.41) is 0. The molecule has 0 radical (unpaired) electrons. The van der Waals surface area contributed by atoms with Crippen molar-refractivity contribution in [3.8, 4) is 0 Å². The summed E-state index contributed by atoms with van der Waals surface area (Å²) in [6.45, 7) is 6.43. The molecule has 1 heterocycles. The van der Waals surface area contributed by atoms with Crippen LogP contribution in [0.25, 0.3) is 0 Å². The maximum Gasteiger partial charge on any atom is 0.0369 e. The Morgan fingerprint density at radius 3 is 2.82 bits per heavy atom. The van der Waals surface area contributed by atoms with E-state index in [4.69, 9.17) is 0 Å². The van der Waals surface area contributed by atoms with Crippen LogP contribution in [0.4, 0.5) is 0 Å². The Hall–Kier alpha value is -0.850. The van der Waals surface area contributed by atoms with Crippen molar-refractivity contribution in [2.75, 3.05) is 0 Å². The second-order valence-corrected chi connectivity index (χ2v) is 3.24. The molecule has 0 atom stereocenters. The summed E-state index contributed by atoms with van der Waals surface area (Å²) in [5.41, 5.74) is 2.51. The first-order valence-electron chi connectivity index (χ1n) is 4.10. The smallest absolute Gasteiger partial charge is 0.0369 e. The molecule has 0 bridgehead atoms. The molecular formula is C10H15N. The first kappa shape index (κ1) is 8.25. The molecule has 0 fully saturated rings. The summed E-state index contributed by atoms with van der Waals surface area (Å²) in [7, 11) is 0. The first-order valence-corrected chi connectivity index (χ1v) is 4.10. The number of aliphatic imine (C=N–C) groups is 1. The quantitative estimate of drug-likeness (QED) is 0.543.